The summed E-state index contributed by atoms with van der Waals surface area (Å²) >= 11 is 0. The minimum absolute atomic E-state index is 0.416. The molecule has 0 radical (unpaired) electrons. The Balaban J connectivity index is 2.20. The van der Waals surface area contributed by atoms with E-state index in [4.69, 9.17) is 0 Å². The van der Waals surface area contributed by atoms with Crippen molar-refractivity contribution in [3.05, 3.63) is 12.7 Å². The van der Waals surface area contributed by atoms with Crippen LogP contribution in [0, 0.1) is 11.3 Å². The second-order valence-corrected chi connectivity index (χ2v) is 3.62. The standard InChI is InChI=1S/C9H12O/c1-2-7-5-8(10)6-9(7)3-4-9/h2,7H,1,3-6H2. The van der Waals surface area contributed by atoms with Crippen molar-refractivity contribution >= 4 is 5.78 Å². The Morgan fingerprint density at radius 2 is 2.30 bits per heavy atom. The Hall–Kier alpha value is -0.590. The molecule has 0 aliphatic heterocycles. The topological polar surface area (TPSA) is 17.1 Å². The van der Waals surface area contributed by atoms with Gasteiger partial charge in [0.2, 0.25) is 0 Å². The summed E-state index contributed by atoms with van der Waals surface area (Å²) in [6.45, 7) is 3.76. The summed E-state index contributed by atoms with van der Waals surface area (Å²) in [6, 6.07) is 0. The molecule has 10 heavy (non-hydrogen) atoms. The van der Waals surface area contributed by atoms with Gasteiger partial charge in [-0.1, -0.05) is 6.08 Å². The normalized spacial score (nSPS) is 34.8. The molecule has 1 atom stereocenters. The maximum Gasteiger partial charge on any atom is 0.134 e. The lowest BCUT2D eigenvalue weighted by atomic mass is 9.93. The first-order valence-electron chi connectivity index (χ1n) is 3.91. The van der Waals surface area contributed by atoms with Gasteiger partial charge in [0.15, 0.2) is 0 Å². The number of rotatable bonds is 1. The summed E-state index contributed by atoms with van der Waals surface area (Å²) in [5.74, 6) is 0.961. The zero-order valence-corrected chi connectivity index (χ0v) is 6.10. The first kappa shape index (κ1) is 6.14. The molecule has 1 nitrogen and oxygen atoms in total. The van der Waals surface area contributed by atoms with Crippen LogP contribution in [0.2, 0.25) is 0 Å². The van der Waals surface area contributed by atoms with Crippen LogP contribution in [0.1, 0.15) is 25.7 Å². The molecule has 0 saturated heterocycles. The first-order valence-corrected chi connectivity index (χ1v) is 3.91. The molecular formula is C9H12O. The van der Waals surface area contributed by atoms with Crippen LogP contribution in [0.4, 0.5) is 0 Å². The van der Waals surface area contributed by atoms with Crippen LogP contribution in [0.25, 0.3) is 0 Å². The average Bonchev–Trinajstić information content (AvgIpc) is 2.55. The molecule has 2 fully saturated rings. The van der Waals surface area contributed by atoms with Gasteiger partial charge in [-0.3, -0.25) is 4.79 Å². The van der Waals surface area contributed by atoms with Crippen molar-refractivity contribution in [3.63, 3.8) is 0 Å². The van der Waals surface area contributed by atoms with E-state index >= 15 is 0 Å². The van der Waals surface area contributed by atoms with Crippen molar-refractivity contribution in [2.45, 2.75) is 25.7 Å². The molecule has 2 aliphatic rings. The molecule has 2 aliphatic carbocycles. The molecule has 0 aromatic heterocycles. The van der Waals surface area contributed by atoms with Gasteiger partial charge in [-0.25, -0.2) is 0 Å². The number of carbonyl (C=O) groups excluding carboxylic acids is 1. The predicted octanol–water partition coefficient (Wildman–Crippen LogP) is 1.93. The van der Waals surface area contributed by atoms with Gasteiger partial charge < -0.3 is 0 Å². The minimum atomic E-state index is 0.416. The van der Waals surface area contributed by atoms with Gasteiger partial charge in [0.25, 0.3) is 0 Å². The second-order valence-electron chi connectivity index (χ2n) is 3.62. The Bertz CT molecular complexity index is 189. The van der Waals surface area contributed by atoms with Crippen molar-refractivity contribution < 1.29 is 4.79 Å². The number of Topliss-reactive ketones (excluding diaryl/α,β-unsaturated/α-hetero) is 1. The summed E-state index contributed by atoms with van der Waals surface area (Å²) < 4.78 is 0. The highest BCUT2D eigenvalue weighted by Crippen LogP contribution is 2.60. The van der Waals surface area contributed by atoms with Crippen LogP contribution < -0.4 is 0 Å². The summed E-state index contributed by atoms with van der Waals surface area (Å²) in [7, 11) is 0. The van der Waals surface area contributed by atoms with E-state index in [-0.39, 0.29) is 0 Å². The van der Waals surface area contributed by atoms with Crippen molar-refractivity contribution in [1.29, 1.82) is 0 Å². The maximum atomic E-state index is 11.0. The fourth-order valence-corrected chi connectivity index (χ4v) is 2.10. The van der Waals surface area contributed by atoms with E-state index in [0.29, 0.717) is 17.1 Å². The molecule has 2 rings (SSSR count). The predicted molar refractivity (Wildman–Crippen MR) is 39.6 cm³/mol. The number of allylic oxidation sites excluding steroid dienone is 1. The quantitative estimate of drug-likeness (QED) is 0.503. The van der Waals surface area contributed by atoms with Gasteiger partial charge in [0.1, 0.15) is 5.78 Å². The van der Waals surface area contributed by atoms with Gasteiger partial charge in [-0.15, -0.1) is 6.58 Å². The molecule has 0 bridgehead atoms. The maximum absolute atomic E-state index is 11.0. The van der Waals surface area contributed by atoms with Crippen LogP contribution in [0.3, 0.4) is 0 Å². The van der Waals surface area contributed by atoms with E-state index in [1.807, 2.05) is 6.08 Å². The number of hydrogen-bond acceptors (Lipinski definition) is 1. The van der Waals surface area contributed by atoms with Gasteiger partial charge in [0, 0.05) is 12.8 Å². The fraction of sp³-hybridized carbons (Fsp3) is 0.667. The van der Waals surface area contributed by atoms with E-state index < -0.39 is 0 Å². The minimum Gasteiger partial charge on any atom is -0.300 e. The zero-order chi connectivity index (χ0) is 7.19. The molecule has 1 unspecified atom stereocenters. The molecule has 0 amide bonds. The molecule has 54 valence electrons. The van der Waals surface area contributed by atoms with E-state index in [0.717, 1.165) is 12.8 Å². The van der Waals surface area contributed by atoms with E-state index in [1.165, 1.54) is 12.8 Å². The van der Waals surface area contributed by atoms with Gasteiger partial charge in [-0.05, 0) is 24.2 Å². The Morgan fingerprint density at radius 1 is 1.60 bits per heavy atom. The third-order valence-electron chi connectivity index (χ3n) is 2.96. The Morgan fingerprint density at radius 3 is 2.70 bits per heavy atom. The van der Waals surface area contributed by atoms with Crippen molar-refractivity contribution in [3.8, 4) is 0 Å². The Labute approximate surface area is 61.1 Å². The van der Waals surface area contributed by atoms with Crippen LogP contribution in [-0.4, -0.2) is 5.78 Å². The molecular weight excluding hydrogens is 124 g/mol. The van der Waals surface area contributed by atoms with Gasteiger partial charge in [-0.2, -0.15) is 0 Å². The van der Waals surface area contributed by atoms with Crippen molar-refractivity contribution in [2.24, 2.45) is 11.3 Å². The smallest absolute Gasteiger partial charge is 0.134 e. The van der Waals surface area contributed by atoms with Crippen LogP contribution >= 0.6 is 0 Å². The van der Waals surface area contributed by atoms with E-state index in [2.05, 4.69) is 6.58 Å². The first-order chi connectivity index (χ1) is 4.77. The molecule has 0 N–H and O–H groups in total. The lowest BCUT2D eigenvalue weighted by Crippen LogP contribution is -2.03. The molecule has 0 heterocycles. The molecule has 0 aromatic rings. The Kier molecular flexibility index (Phi) is 1.05. The zero-order valence-electron chi connectivity index (χ0n) is 6.10. The molecule has 2 saturated carbocycles. The van der Waals surface area contributed by atoms with Crippen LogP contribution in [0.15, 0.2) is 12.7 Å². The number of ketones is 1. The average molecular weight is 136 g/mol. The largest absolute Gasteiger partial charge is 0.300 e. The number of hydrogen-bond donors (Lipinski definition) is 0. The monoisotopic (exact) mass is 136 g/mol. The number of carbonyl (C=O) groups is 1. The van der Waals surface area contributed by atoms with E-state index in [9.17, 15) is 4.79 Å². The summed E-state index contributed by atoms with van der Waals surface area (Å²) in [6.07, 6.45) is 6.09. The van der Waals surface area contributed by atoms with Gasteiger partial charge in [0.05, 0.1) is 0 Å². The van der Waals surface area contributed by atoms with Crippen molar-refractivity contribution in [1.82, 2.24) is 0 Å². The lowest BCUT2D eigenvalue weighted by Gasteiger charge is -2.10. The highest BCUT2D eigenvalue weighted by atomic mass is 16.1. The second kappa shape index (κ2) is 1.71. The molecule has 0 aromatic carbocycles. The van der Waals surface area contributed by atoms with Gasteiger partial charge >= 0.3 is 0 Å². The summed E-state index contributed by atoms with van der Waals surface area (Å²) in [4.78, 5) is 11.0. The fourth-order valence-electron chi connectivity index (χ4n) is 2.10. The van der Waals surface area contributed by atoms with Crippen molar-refractivity contribution in [2.75, 3.05) is 0 Å². The molecule has 1 heteroatoms. The highest BCUT2D eigenvalue weighted by Gasteiger charge is 2.53. The third kappa shape index (κ3) is 0.664. The summed E-state index contributed by atoms with van der Waals surface area (Å²) in [5, 5.41) is 0. The summed E-state index contributed by atoms with van der Waals surface area (Å²) in [5.41, 5.74) is 0.416. The SMILES string of the molecule is C=CC1CC(=O)CC12CC2. The molecule has 1 spiro atoms. The van der Waals surface area contributed by atoms with Crippen LogP contribution in [-0.2, 0) is 4.79 Å². The highest BCUT2D eigenvalue weighted by molar-refractivity contribution is 5.83. The van der Waals surface area contributed by atoms with E-state index in [1.54, 1.807) is 0 Å². The van der Waals surface area contributed by atoms with Crippen LogP contribution in [0.5, 0.6) is 0 Å². The lowest BCUT2D eigenvalue weighted by molar-refractivity contribution is -0.117. The third-order valence-corrected chi connectivity index (χ3v) is 2.96.